The lowest BCUT2D eigenvalue weighted by Crippen LogP contribution is -2.32. The van der Waals surface area contributed by atoms with Crippen LogP contribution in [0.25, 0.3) is 11.2 Å². The van der Waals surface area contributed by atoms with E-state index < -0.39 is 50.5 Å². The summed E-state index contributed by atoms with van der Waals surface area (Å²) in [4.78, 5) is 54.1. The molecule has 2 unspecified atom stereocenters. The number of nitrogens with one attached hydrogen (secondary N) is 1. The molecule has 2 aromatic heterocycles. The average molecular weight is 456 g/mol. The molecule has 1 aliphatic rings. The zero-order valence-electron chi connectivity index (χ0n) is 13.5. The number of hydrogen-bond acceptors (Lipinski definition) is 14. The largest absolute Gasteiger partial charge is 0.790 e. The van der Waals surface area contributed by atoms with Crippen molar-refractivity contribution in [3.8, 4) is 0 Å². The minimum atomic E-state index is -5.78. The number of aliphatic hydroxyl groups excluding tert-OH is 2. The molecule has 2 aromatic rings. The van der Waals surface area contributed by atoms with E-state index in [9.17, 15) is 38.8 Å². The van der Waals surface area contributed by atoms with Crippen LogP contribution in [0, 0.1) is 0 Å². The fourth-order valence-corrected chi connectivity index (χ4v) is 6.46. The van der Waals surface area contributed by atoms with Crippen LogP contribution in [0.15, 0.2) is 11.1 Å². The van der Waals surface area contributed by atoms with Crippen molar-refractivity contribution in [2.24, 2.45) is 0 Å². The van der Waals surface area contributed by atoms with Crippen molar-refractivity contribution in [3.05, 3.63) is 16.7 Å². The SMILES string of the molecule is Nc1nc2c(ncn2[C@@H]2O[C@H](CSP(=O)([O-])OP(=O)([O-])[O-])C(O)[C@@H]2O)c(=O)[nH]1. The molecule has 18 heteroatoms. The topological polar surface area (TPSA) is 252 Å². The van der Waals surface area contributed by atoms with Crippen molar-refractivity contribution in [3.63, 3.8) is 0 Å². The summed E-state index contributed by atoms with van der Waals surface area (Å²) < 4.78 is 31.9. The first kappa shape index (κ1) is 21.4. The Labute approximate surface area is 159 Å². The van der Waals surface area contributed by atoms with Gasteiger partial charge in [0.25, 0.3) is 5.56 Å². The lowest BCUT2D eigenvalue weighted by molar-refractivity contribution is -0.337. The van der Waals surface area contributed by atoms with Crippen molar-refractivity contribution < 1.29 is 43.1 Å². The molecule has 0 aromatic carbocycles. The van der Waals surface area contributed by atoms with Crippen LogP contribution in [0.2, 0.25) is 0 Å². The first-order chi connectivity index (χ1) is 12.9. The lowest BCUT2D eigenvalue weighted by atomic mass is 10.1. The summed E-state index contributed by atoms with van der Waals surface area (Å²) in [7, 11) is -5.78. The number of aliphatic hydroxyl groups is 2. The molecule has 0 spiro atoms. The van der Waals surface area contributed by atoms with Crippen molar-refractivity contribution in [1.29, 1.82) is 0 Å². The molecule has 15 nitrogen and oxygen atoms in total. The minimum Gasteiger partial charge on any atom is -0.790 e. The fraction of sp³-hybridized carbons (Fsp3) is 0.500. The molecule has 1 fully saturated rings. The second-order valence-corrected chi connectivity index (χ2v) is 10.7. The van der Waals surface area contributed by atoms with E-state index in [1.165, 1.54) is 0 Å². The van der Waals surface area contributed by atoms with E-state index in [1.54, 1.807) is 0 Å². The van der Waals surface area contributed by atoms with Gasteiger partial charge in [0.15, 0.2) is 24.2 Å². The molecule has 1 aliphatic heterocycles. The molecule has 3 rings (SSSR count). The molecule has 5 atom stereocenters. The third-order valence-electron chi connectivity index (χ3n) is 3.66. The summed E-state index contributed by atoms with van der Waals surface area (Å²) >= 11 is -0.0896. The number of hydrogen-bond donors (Lipinski definition) is 4. The van der Waals surface area contributed by atoms with Gasteiger partial charge in [-0.1, -0.05) is 11.4 Å². The Hall–Kier alpha value is -1.32. The maximum atomic E-state index is 11.8. The number of nitrogens with zero attached hydrogens (tertiary/aromatic N) is 3. The van der Waals surface area contributed by atoms with Gasteiger partial charge in [0, 0.05) is 5.75 Å². The number of anilines is 1. The summed E-state index contributed by atoms with van der Waals surface area (Å²) in [6, 6.07) is 0. The van der Waals surface area contributed by atoms with Crippen LogP contribution in [-0.4, -0.2) is 53.8 Å². The molecule has 0 radical (unpaired) electrons. The Morgan fingerprint density at radius 2 is 2.04 bits per heavy atom. The summed E-state index contributed by atoms with van der Waals surface area (Å²) in [5, 5.41) is 20.3. The molecule has 0 amide bonds. The van der Waals surface area contributed by atoms with Gasteiger partial charge >= 0.3 is 0 Å². The molecule has 0 bridgehead atoms. The van der Waals surface area contributed by atoms with E-state index in [1.807, 2.05) is 0 Å². The van der Waals surface area contributed by atoms with Crippen LogP contribution < -0.4 is 26.0 Å². The Morgan fingerprint density at radius 1 is 1.36 bits per heavy atom. The van der Waals surface area contributed by atoms with Crippen molar-refractivity contribution in [2.45, 2.75) is 24.5 Å². The number of aromatic nitrogens is 4. The summed E-state index contributed by atoms with van der Waals surface area (Å²) in [5.74, 6) is -0.804. The van der Waals surface area contributed by atoms with Crippen molar-refractivity contribution in [2.75, 3.05) is 11.5 Å². The second-order valence-electron chi connectivity index (χ2n) is 5.59. The standard InChI is InChI=1S/C10H15N5O10P2S/c11-10-13-7-4(8(18)14-10)12-2-15(7)9-6(17)5(16)3(24-9)1-28-27(22,23)25-26(19,20)21/h2-3,5-6,9,16-17H,1H2,(H,22,23)(H2,19,20,21)(H3,11,13,14,18)/p-3/t3-,5?,6+,9-/m1/s1. The smallest absolute Gasteiger partial charge is 0.280 e. The van der Waals surface area contributed by atoms with E-state index in [-0.39, 0.29) is 28.5 Å². The normalized spacial score (nSPS) is 27.9. The van der Waals surface area contributed by atoms with E-state index in [2.05, 4.69) is 19.3 Å². The molecule has 5 N–H and O–H groups in total. The minimum absolute atomic E-state index is 0.0534. The third kappa shape index (κ3) is 4.46. The van der Waals surface area contributed by atoms with E-state index in [0.29, 0.717) is 0 Å². The van der Waals surface area contributed by atoms with Crippen LogP contribution in [0.1, 0.15) is 6.23 Å². The van der Waals surface area contributed by atoms with Gasteiger partial charge in [-0.3, -0.25) is 23.2 Å². The molecule has 156 valence electrons. The zero-order valence-corrected chi connectivity index (χ0v) is 16.1. The average Bonchev–Trinajstić information content (AvgIpc) is 3.06. The van der Waals surface area contributed by atoms with Crippen molar-refractivity contribution >= 4 is 43.1 Å². The van der Waals surface area contributed by atoms with E-state index in [0.717, 1.165) is 10.9 Å². The molecule has 0 saturated carbocycles. The highest BCUT2D eigenvalue weighted by molar-refractivity contribution is 8.54. The van der Waals surface area contributed by atoms with Crippen LogP contribution in [0.3, 0.4) is 0 Å². The molecule has 1 saturated heterocycles. The number of nitrogens with two attached hydrogens (primary N) is 1. The van der Waals surface area contributed by atoms with Gasteiger partial charge in [0.1, 0.15) is 12.2 Å². The van der Waals surface area contributed by atoms with Gasteiger partial charge < -0.3 is 39.9 Å². The predicted octanol–water partition coefficient (Wildman–Crippen LogP) is -3.63. The number of rotatable bonds is 6. The Bertz CT molecular complexity index is 1040. The Balaban J connectivity index is 1.79. The van der Waals surface area contributed by atoms with Crippen LogP contribution in [0.4, 0.5) is 5.95 Å². The number of fused-ring (bicyclic) bond motifs is 1. The molecule has 28 heavy (non-hydrogen) atoms. The fourth-order valence-electron chi connectivity index (χ4n) is 2.54. The number of ether oxygens (including phenoxy) is 1. The monoisotopic (exact) mass is 456 g/mol. The van der Waals surface area contributed by atoms with Gasteiger partial charge in [-0.25, -0.2) is 4.98 Å². The van der Waals surface area contributed by atoms with Gasteiger partial charge in [-0.15, -0.1) is 0 Å². The number of aromatic amines is 1. The summed E-state index contributed by atoms with van der Waals surface area (Å²) in [6.45, 7) is -5.13. The van der Waals surface area contributed by atoms with Crippen LogP contribution >= 0.6 is 26.0 Å². The van der Waals surface area contributed by atoms with Gasteiger partial charge in [-0.2, -0.15) is 4.98 Å². The van der Waals surface area contributed by atoms with E-state index in [4.69, 9.17) is 10.5 Å². The quantitative estimate of drug-likeness (QED) is 0.306. The highest BCUT2D eigenvalue weighted by atomic mass is 32.7. The predicted molar refractivity (Wildman–Crippen MR) is 87.2 cm³/mol. The summed E-state index contributed by atoms with van der Waals surface area (Å²) in [6.07, 6.45) is -4.68. The first-order valence-corrected chi connectivity index (χ1v) is 11.9. The Morgan fingerprint density at radius 3 is 2.68 bits per heavy atom. The highest BCUT2D eigenvalue weighted by Gasteiger charge is 2.44. The first-order valence-electron chi connectivity index (χ1n) is 7.31. The van der Waals surface area contributed by atoms with Crippen molar-refractivity contribution in [1.82, 2.24) is 19.5 Å². The molecular formula is C10H12N5O10P2S-3. The van der Waals surface area contributed by atoms with Gasteiger partial charge in [-0.05, 0) is 0 Å². The lowest BCUT2D eigenvalue weighted by Gasteiger charge is -2.35. The number of phosphoric acid groups is 1. The van der Waals surface area contributed by atoms with E-state index >= 15 is 0 Å². The summed E-state index contributed by atoms with van der Waals surface area (Å²) in [5.41, 5.74) is 4.65. The Kier molecular flexibility index (Phi) is 5.73. The molecule has 0 aliphatic carbocycles. The third-order valence-corrected chi connectivity index (χ3v) is 8.05. The highest BCUT2D eigenvalue weighted by Crippen LogP contribution is 2.59. The zero-order chi connectivity index (χ0) is 20.9. The maximum Gasteiger partial charge on any atom is 0.280 e. The van der Waals surface area contributed by atoms with Crippen LogP contribution in [-0.2, 0) is 18.2 Å². The number of imidazole rings is 1. The molecular weight excluding hydrogens is 444 g/mol. The second kappa shape index (κ2) is 7.50. The van der Waals surface area contributed by atoms with Crippen LogP contribution in [0.5, 0.6) is 0 Å². The number of H-pyrrole nitrogens is 1. The number of nitrogen functional groups attached to an aromatic ring is 1. The maximum absolute atomic E-state index is 11.8. The van der Waals surface area contributed by atoms with Gasteiger partial charge in [0.05, 0.1) is 20.3 Å². The molecule has 3 heterocycles. The van der Waals surface area contributed by atoms with Gasteiger partial charge in [0.2, 0.25) is 5.95 Å².